The van der Waals surface area contributed by atoms with Gasteiger partial charge in [-0.1, -0.05) is 60.7 Å². The molecular formula is C23H34Cl2N2O2. The van der Waals surface area contributed by atoms with Gasteiger partial charge >= 0.3 is 0 Å². The Balaban J connectivity index is 0.00000210. The van der Waals surface area contributed by atoms with E-state index in [-0.39, 0.29) is 37.0 Å². The number of piperazine rings is 1. The summed E-state index contributed by atoms with van der Waals surface area (Å²) in [6.07, 6.45) is 0.558. The topological polar surface area (TPSA) is 35.9 Å². The third-order valence-corrected chi connectivity index (χ3v) is 5.33. The van der Waals surface area contributed by atoms with Crippen LogP contribution in [0.5, 0.6) is 0 Å². The van der Waals surface area contributed by atoms with Crippen molar-refractivity contribution < 1.29 is 9.84 Å². The van der Waals surface area contributed by atoms with Crippen molar-refractivity contribution in [1.82, 2.24) is 9.80 Å². The molecule has 1 saturated heterocycles. The molecule has 1 heterocycles. The van der Waals surface area contributed by atoms with Crippen LogP contribution in [0.2, 0.25) is 0 Å². The molecule has 1 fully saturated rings. The average molecular weight is 441 g/mol. The van der Waals surface area contributed by atoms with Crippen molar-refractivity contribution in [3.05, 3.63) is 71.8 Å². The Labute approximate surface area is 187 Å². The van der Waals surface area contributed by atoms with Gasteiger partial charge in [0.2, 0.25) is 0 Å². The van der Waals surface area contributed by atoms with E-state index in [0.717, 1.165) is 57.9 Å². The van der Waals surface area contributed by atoms with Gasteiger partial charge in [-0.05, 0) is 24.5 Å². The van der Waals surface area contributed by atoms with Crippen molar-refractivity contribution >= 4 is 24.8 Å². The molecule has 0 amide bonds. The molecule has 4 nitrogen and oxygen atoms in total. The molecule has 2 unspecified atom stereocenters. The monoisotopic (exact) mass is 440 g/mol. The van der Waals surface area contributed by atoms with E-state index >= 15 is 0 Å². The first-order valence-corrected chi connectivity index (χ1v) is 10.1. The first-order chi connectivity index (χ1) is 13.3. The predicted octanol–water partition coefficient (Wildman–Crippen LogP) is 4.35. The molecule has 1 aliphatic rings. The molecule has 3 rings (SSSR count). The molecule has 0 aromatic heterocycles. The summed E-state index contributed by atoms with van der Waals surface area (Å²) in [5.41, 5.74) is 2.27. The summed E-state index contributed by atoms with van der Waals surface area (Å²) >= 11 is 0. The van der Waals surface area contributed by atoms with Gasteiger partial charge < -0.3 is 14.7 Å². The van der Waals surface area contributed by atoms with E-state index in [4.69, 9.17) is 4.74 Å². The minimum Gasteiger partial charge on any atom is -0.388 e. The van der Waals surface area contributed by atoms with E-state index in [0.29, 0.717) is 0 Å². The molecule has 2 atom stereocenters. The highest BCUT2D eigenvalue weighted by atomic mass is 35.5. The average Bonchev–Trinajstić information content (AvgIpc) is 2.74. The Morgan fingerprint density at radius 3 is 1.90 bits per heavy atom. The molecule has 2 aromatic rings. The van der Waals surface area contributed by atoms with Crippen LogP contribution in [0.3, 0.4) is 0 Å². The fraction of sp³-hybridized carbons (Fsp3) is 0.478. The minimum absolute atomic E-state index is 0. The first-order valence-electron chi connectivity index (χ1n) is 10.1. The second-order valence-corrected chi connectivity index (χ2v) is 7.21. The van der Waals surface area contributed by atoms with Crippen molar-refractivity contribution in [3.8, 4) is 0 Å². The fourth-order valence-corrected chi connectivity index (χ4v) is 3.70. The lowest BCUT2D eigenvalue weighted by Gasteiger charge is -2.36. The number of aliphatic hydroxyl groups is 1. The van der Waals surface area contributed by atoms with Crippen LogP contribution in [0.4, 0.5) is 0 Å². The fourth-order valence-electron chi connectivity index (χ4n) is 3.70. The molecule has 0 saturated carbocycles. The summed E-state index contributed by atoms with van der Waals surface area (Å²) < 4.78 is 6.00. The van der Waals surface area contributed by atoms with Crippen LogP contribution in [-0.2, 0) is 4.74 Å². The number of halogens is 2. The Hall–Kier alpha value is -1.14. The highest BCUT2D eigenvalue weighted by Gasteiger charge is 2.21. The van der Waals surface area contributed by atoms with E-state index in [1.165, 1.54) is 5.56 Å². The number of hydrogen-bond donors (Lipinski definition) is 1. The van der Waals surface area contributed by atoms with Gasteiger partial charge in [0.25, 0.3) is 0 Å². The van der Waals surface area contributed by atoms with E-state index in [1.807, 2.05) is 30.3 Å². The number of aliphatic hydroxyl groups excluding tert-OH is 1. The molecule has 162 valence electrons. The summed E-state index contributed by atoms with van der Waals surface area (Å²) in [5.74, 6) is 0. The Morgan fingerprint density at radius 2 is 1.34 bits per heavy atom. The molecule has 0 bridgehead atoms. The van der Waals surface area contributed by atoms with Crippen LogP contribution in [0, 0.1) is 0 Å². The minimum atomic E-state index is -0.371. The third kappa shape index (κ3) is 8.25. The lowest BCUT2D eigenvalue weighted by Crippen LogP contribution is -2.48. The van der Waals surface area contributed by atoms with Crippen LogP contribution >= 0.6 is 24.8 Å². The smallest absolute Gasteiger partial charge is 0.0951 e. The quantitative estimate of drug-likeness (QED) is 0.628. The number of nitrogens with zero attached hydrogens (tertiary/aromatic N) is 2. The molecule has 0 aliphatic carbocycles. The van der Waals surface area contributed by atoms with E-state index in [9.17, 15) is 5.11 Å². The van der Waals surface area contributed by atoms with Gasteiger partial charge in [-0.3, -0.25) is 4.90 Å². The van der Waals surface area contributed by atoms with Gasteiger partial charge in [0.15, 0.2) is 0 Å². The zero-order chi connectivity index (χ0) is 18.9. The van der Waals surface area contributed by atoms with Crippen molar-refractivity contribution in [2.75, 3.05) is 45.9 Å². The zero-order valence-corrected chi connectivity index (χ0v) is 18.8. The summed E-state index contributed by atoms with van der Waals surface area (Å²) in [5, 5.41) is 10.4. The van der Waals surface area contributed by atoms with Crippen LogP contribution in [-0.4, -0.2) is 60.8 Å². The van der Waals surface area contributed by atoms with Crippen molar-refractivity contribution in [2.24, 2.45) is 0 Å². The zero-order valence-electron chi connectivity index (χ0n) is 17.2. The number of rotatable bonds is 9. The Bertz CT molecular complexity index is 652. The summed E-state index contributed by atoms with van der Waals surface area (Å²) in [6, 6.07) is 20.5. The summed E-state index contributed by atoms with van der Waals surface area (Å²) in [7, 11) is 0. The van der Waals surface area contributed by atoms with Gasteiger partial charge in [-0.2, -0.15) is 0 Å². The molecule has 2 aromatic carbocycles. The largest absolute Gasteiger partial charge is 0.388 e. The second kappa shape index (κ2) is 14.0. The number of benzene rings is 2. The van der Waals surface area contributed by atoms with Gasteiger partial charge in [0.1, 0.15) is 0 Å². The second-order valence-electron chi connectivity index (χ2n) is 7.21. The molecule has 6 heteroatoms. The number of ether oxygens (including phenoxy) is 1. The van der Waals surface area contributed by atoms with Crippen molar-refractivity contribution in [3.63, 3.8) is 0 Å². The van der Waals surface area contributed by atoms with Crippen LogP contribution in [0.1, 0.15) is 36.7 Å². The molecule has 29 heavy (non-hydrogen) atoms. The Kier molecular flexibility index (Phi) is 12.5. The van der Waals surface area contributed by atoms with E-state index in [1.54, 1.807) is 0 Å². The maximum absolute atomic E-state index is 10.4. The van der Waals surface area contributed by atoms with E-state index < -0.39 is 0 Å². The van der Waals surface area contributed by atoms with Crippen LogP contribution in [0.15, 0.2) is 60.7 Å². The van der Waals surface area contributed by atoms with Gasteiger partial charge in [-0.15, -0.1) is 24.8 Å². The highest BCUT2D eigenvalue weighted by molar-refractivity contribution is 5.85. The van der Waals surface area contributed by atoms with Crippen LogP contribution in [0.25, 0.3) is 0 Å². The van der Waals surface area contributed by atoms with E-state index in [2.05, 4.69) is 47.1 Å². The summed E-state index contributed by atoms with van der Waals surface area (Å²) in [4.78, 5) is 4.96. The third-order valence-electron chi connectivity index (χ3n) is 5.33. The maximum atomic E-state index is 10.4. The van der Waals surface area contributed by atoms with Gasteiger partial charge in [0.05, 0.1) is 12.2 Å². The first kappa shape index (κ1) is 25.9. The molecule has 0 spiro atoms. The van der Waals surface area contributed by atoms with Gasteiger partial charge in [-0.25, -0.2) is 0 Å². The van der Waals surface area contributed by atoms with Crippen molar-refractivity contribution in [1.29, 1.82) is 0 Å². The molecule has 0 radical (unpaired) electrons. The van der Waals surface area contributed by atoms with Crippen LogP contribution < -0.4 is 0 Å². The maximum Gasteiger partial charge on any atom is 0.0951 e. The molecule has 1 N–H and O–H groups in total. The Morgan fingerprint density at radius 1 is 0.828 bits per heavy atom. The predicted molar refractivity (Wildman–Crippen MR) is 124 cm³/mol. The lowest BCUT2D eigenvalue weighted by atomic mass is 10.1. The molecule has 1 aliphatic heterocycles. The summed E-state index contributed by atoms with van der Waals surface area (Å²) in [6.45, 7) is 8.89. The number of hydrogen-bond acceptors (Lipinski definition) is 4. The highest BCUT2D eigenvalue weighted by Crippen LogP contribution is 2.20. The van der Waals surface area contributed by atoms with Gasteiger partial charge in [0, 0.05) is 45.9 Å². The normalized spacial score (nSPS) is 17.0. The lowest BCUT2D eigenvalue weighted by molar-refractivity contribution is 0.0167. The van der Waals surface area contributed by atoms with Crippen molar-refractivity contribution in [2.45, 2.75) is 25.6 Å². The standard InChI is InChI=1S/C23H32N2O2.2ClH/c1-2-27-23(21-11-7-4-8-12-21)19-25-17-15-24(16-18-25)14-13-22(26)20-9-5-3-6-10-20;;/h3-12,22-23,26H,2,13-19H2,1H3;2*1H. The SMILES string of the molecule is CCOC(CN1CCN(CCC(O)c2ccccc2)CC1)c1ccccc1.Cl.Cl. The molecular weight excluding hydrogens is 407 g/mol.